The van der Waals surface area contributed by atoms with Gasteiger partial charge >= 0.3 is 0 Å². The van der Waals surface area contributed by atoms with E-state index in [4.69, 9.17) is 9.47 Å². The van der Waals surface area contributed by atoms with Crippen molar-refractivity contribution in [3.05, 3.63) is 29.8 Å². The van der Waals surface area contributed by atoms with Gasteiger partial charge in [0.2, 0.25) is 0 Å². The molecule has 0 aliphatic rings. The predicted octanol–water partition coefficient (Wildman–Crippen LogP) is 1.75. The van der Waals surface area contributed by atoms with Crippen LogP contribution in [0, 0.1) is 0 Å². The number of nitrogens with zero attached hydrogens (tertiary/aromatic N) is 1. The third-order valence-corrected chi connectivity index (χ3v) is 3.27. The first-order valence-corrected chi connectivity index (χ1v) is 6.70. The largest absolute Gasteiger partial charge is 0.497 e. The summed E-state index contributed by atoms with van der Waals surface area (Å²) < 4.78 is 10.2. The van der Waals surface area contributed by atoms with E-state index >= 15 is 0 Å². The van der Waals surface area contributed by atoms with Gasteiger partial charge in [-0.3, -0.25) is 4.90 Å². The molecule has 0 bridgehead atoms. The van der Waals surface area contributed by atoms with Gasteiger partial charge in [-0.2, -0.15) is 0 Å². The maximum atomic E-state index is 5.16. The van der Waals surface area contributed by atoms with Crippen molar-refractivity contribution in [2.24, 2.45) is 0 Å². The molecule has 19 heavy (non-hydrogen) atoms. The molecule has 4 heteroatoms. The maximum absolute atomic E-state index is 5.16. The van der Waals surface area contributed by atoms with Crippen LogP contribution < -0.4 is 10.1 Å². The zero-order valence-electron chi connectivity index (χ0n) is 12.5. The number of rotatable bonds is 9. The lowest BCUT2D eigenvalue weighted by molar-refractivity contribution is 0.191. The quantitative estimate of drug-likeness (QED) is 0.691. The van der Waals surface area contributed by atoms with Gasteiger partial charge in [-0.25, -0.2) is 0 Å². The molecule has 0 saturated heterocycles. The lowest BCUT2D eigenvalue weighted by atomic mass is 10.2. The minimum atomic E-state index is 0.485. The molecule has 1 aromatic rings. The fourth-order valence-electron chi connectivity index (χ4n) is 1.82. The van der Waals surface area contributed by atoms with E-state index in [0.29, 0.717) is 6.04 Å². The molecule has 108 valence electrons. The van der Waals surface area contributed by atoms with Gasteiger partial charge in [0.05, 0.1) is 13.7 Å². The molecule has 1 atom stereocenters. The second-order valence-corrected chi connectivity index (χ2v) is 4.81. The fourth-order valence-corrected chi connectivity index (χ4v) is 1.82. The van der Waals surface area contributed by atoms with Crippen LogP contribution in [0.25, 0.3) is 0 Å². The zero-order valence-corrected chi connectivity index (χ0v) is 12.5. The Morgan fingerprint density at radius 2 is 1.89 bits per heavy atom. The average Bonchev–Trinajstić information content (AvgIpc) is 2.44. The minimum absolute atomic E-state index is 0.485. The number of likely N-dealkylation sites (N-methyl/N-ethyl adjacent to an activating group) is 1. The van der Waals surface area contributed by atoms with Crippen LogP contribution in [0.15, 0.2) is 24.3 Å². The van der Waals surface area contributed by atoms with Crippen molar-refractivity contribution in [1.82, 2.24) is 10.2 Å². The summed E-state index contributed by atoms with van der Waals surface area (Å²) in [5.74, 6) is 0.903. The van der Waals surface area contributed by atoms with Crippen molar-refractivity contribution in [2.75, 3.05) is 41.0 Å². The highest BCUT2D eigenvalue weighted by Gasteiger charge is 2.09. The average molecular weight is 266 g/mol. The highest BCUT2D eigenvalue weighted by atomic mass is 16.5. The van der Waals surface area contributed by atoms with E-state index in [-0.39, 0.29) is 0 Å². The van der Waals surface area contributed by atoms with Crippen molar-refractivity contribution >= 4 is 0 Å². The molecule has 1 aromatic carbocycles. The third kappa shape index (κ3) is 6.05. The normalized spacial score (nSPS) is 12.7. The van der Waals surface area contributed by atoms with Gasteiger partial charge in [0.25, 0.3) is 0 Å². The number of hydrogen-bond acceptors (Lipinski definition) is 4. The summed E-state index contributed by atoms with van der Waals surface area (Å²) in [6.45, 7) is 5.79. The maximum Gasteiger partial charge on any atom is 0.118 e. The van der Waals surface area contributed by atoms with Gasteiger partial charge in [0.15, 0.2) is 0 Å². The molecule has 1 unspecified atom stereocenters. The lowest BCUT2D eigenvalue weighted by Gasteiger charge is -2.25. The zero-order chi connectivity index (χ0) is 14.1. The van der Waals surface area contributed by atoms with E-state index in [0.717, 1.165) is 32.0 Å². The number of ether oxygens (including phenoxy) is 2. The molecule has 0 radical (unpaired) electrons. The number of hydrogen-bond donors (Lipinski definition) is 1. The van der Waals surface area contributed by atoms with Gasteiger partial charge in [-0.15, -0.1) is 0 Å². The van der Waals surface area contributed by atoms with Gasteiger partial charge in [0.1, 0.15) is 5.75 Å². The molecular weight excluding hydrogens is 240 g/mol. The molecule has 0 heterocycles. The van der Waals surface area contributed by atoms with E-state index in [2.05, 4.69) is 36.3 Å². The Bertz CT molecular complexity index is 341. The summed E-state index contributed by atoms with van der Waals surface area (Å²) in [5, 5.41) is 3.38. The Balaban J connectivity index is 2.33. The Morgan fingerprint density at radius 1 is 1.21 bits per heavy atom. The first kappa shape index (κ1) is 16.0. The van der Waals surface area contributed by atoms with Crippen molar-refractivity contribution in [2.45, 2.75) is 19.5 Å². The predicted molar refractivity (Wildman–Crippen MR) is 78.7 cm³/mol. The molecular formula is C15H26N2O2. The van der Waals surface area contributed by atoms with Crippen LogP contribution in [0.3, 0.4) is 0 Å². The number of benzene rings is 1. The summed E-state index contributed by atoms with van der Waals surface area (Å²) in [7, 11) is 5.56. The Labute approximate surface area is 116 Å². The topological polar surface area (TPSA) is 33.7 Å². The van der Waals surface area contributed by atoms with Crippen LogP contribution in [-0.4, -0.2) is 51.9 Å². The fraction of sp³-hybridized carbons (Fsp3) is 0.600. The first-order valence-electron chi connectivity index (χ1n) is 6.70. The standard InChI is InChI=1S/C15H26N2O2/c1-13(11-16-9-10-18-3)17(2)12-14-5-7-15(19-4)8-6-14/h5-8,13,16H,9-12H2,1-4H3. The summed E-state index contributed by atoms with van der Waals surface area (Å²) in [5.41, 5.74) is 1.30. The molecule has 0 spiro atoms. The summed E-state index contributed by atoms with van der Waals surface area (Å²) in [6.07, 6.45) is 0. The highest BCUT2D eigenvalue weighted by Crippen LogP contribution is 2.13. The minimum Gasteiger partial charge on any atom is -0.497 e. The molecule has 0 saturated carbocycles. The SMILES string of the molecule is COCCNCC(C)N(C)Cc1ccc(OC)cc1. The molecule has 0 aliphatic heterocycles. The molecule has 1 N–H and O–H groups in total. The molecule has 0 amide bonds. The van der Waals surface area contributed by atoms with Gasteiger partial charge in [-0.05, 0) is 31.7 Å². The molecule has 1 rings (SSSR count). The second kappa shape index (κ2) is 8.91. The van der Waals surface area contributed by atoms with Crippen LogP contribution in [0.4, 0.5) is 0 Å². The van der Waals surface area contributed by atoms with Crippen LogP contribution in [0.5, 0.6) is 5.75 Å². The van der Waals surface area contributed by atoms with E-state index in [1.54, 1.807) is 14.2 Å². The Hall–Kier alpha value is -1.10. The van der Waals surface area contributed by atoms with Crippen LogP contribution in [0.1, 0.15) is 12.5 Å². The van der Waals surface area contributed by atoms with Crippen molar-refractivity contribution in [3.8, 4) is 5.75 Å². The number of methoxy groups -OCH3 is 2. The summed E-state index contributed by atoms with van der Waals surface area (Å²) in [6, 6.07) is 8.72. The lowest BCUT2D eigenvalue weighted by Crippen LogP contribution is -2.38. The van der Waals surface area contributed by atoms with Crippen molar-refractivity contribution < 1.29 is 9.47 Å². The molecule has 4 nitrogen and oxygen atoms in total. The Morgan fingerprint density at radius 3 is 2.47 bits per heavy atom. The molecule has 0 aromatic heterocycles. The van der Waals surface area contributed by atoms with E-state index in [1.807, 2.05) is 12.1 Å². The summed E-state index contributed by atoms with van der Waals surface area (Å²) in [4.78, 5) is 2.33. The highest BCUT2D eigenvalue weighted by molar-refractivity contribution is 5.27. The Kier molecular flexibility index (Phi) is 7.48. The van der Waals surface area contributed by atoms with E-state index < -0.39 is 0 Å². The monoisotopic (exact) mass is 266 g/mol. The van der Waals surface area contributed by atoms with Gasteiger partial charge in [0, 0.05) is 32.8 Å². The van der Waals surface area contributed by atoms with Crippen LogP contribution in [0.2, 0.25) is 0 Å². The number of nitrogens with one attached hydrogen (secondary N) is 1. The van der Waals surface area contributed by atoms with Crippen LogP contribution >= 0.6 is 0 Å². The van der Waals surface area contributed by atoms with E-state index in [9.17, 15) is 0 Å². The smallest absolute Gasteiger partial charge is 0.118 e. The summed E-state index contributed by atoms with van der Waals surface area (Å²) >= 11 is 0. The van der Waals surface area contributed by atoms with E-state index in [1.165, 1.54) is 5.56 Å². The third-order valence-electron chi connectivity index (χ3n) is 3.27. The molecule has 0 fully saturated rings. The first-order chi connectivity index (χ1) is 9.17. The van der Waals surface area contributed by atoms with Crippen molar-refractivity contribution in [1.29, 1.82) is 0 Å². The van der Waals surface area contributed by atoms with Gasteiger partial charge < -0.3 is 14.8 Å². The van der Waals surface area contributed by atoms with Gasteiger partial charge in [-0.1, -0.05) is 12.1 Å². The molecule has 0 aliphatic carbocycles. The van der Waals surface area contributed by atoms with Crippen molar-refractivity contribution in [3.63, 3.8) is 0 Å². The van der Waals surface area contributed by atoms with Crippen LogP contribution in [-0.2, 0) is 11.3 Å². The second-order valence-electron chi connectivity index (χ2n) is 4.81.